The number of benzene rings is 1. The lowest BCUT2D eigenvalue weighted by Gasteiger charge is -2.04. The van der Waals surface area contributed by atoms with Crippen molar-refractivity contribution < 1.29 is 23.9 Å². The quantitative estimate of drug-likeness (QED) is 0.522. The molecule has 0 aliphatic carbocycles. The minimum absolute atomic E-state index is 0.242. The lowest BCUT2D eigenvalue weighted by atomic mass is 10.1. The summed E-state index contributed by atoms with van der Waals surface area (Å²) < 4.78 is 12.1. The predicted molar refractivity (Wildman–Crippen MR) is 104 cm³/mol. The Morgan fingerprint density at radius 1 is 1.07 bits per heavy atom. The van der Waals surface area contributed by atoms with Gasteiger partial charge in [0, 0.05) is 29.8 Å². The van der Waals surface area contributed by atoms with E-state index in [2.05, 4.69) is 4.98 Å². The van der Waals surface area contributed by atoms with Crippen LogP contribution in [0.4, 0.5) is 0 Å². The van der Waals surface area contributed by atoms with Crippen LogP contribution in [0.25, 0.3) is 10.9 Å². The molecular weight excluding hydrogens is 360 g/mol. The molecule has 0 saturated heterocycles. The maximum atomic E-state index is 12.6. The number of aryl methyl sites for hydroxylation is 2. The number of esters is 2. The molecule has 7 heteroatoms. The van der Waals surface area contributed by atoms with Crippen molar-refractivity contribution in [3.05, 3.63) is 58.5 Å². The number of para-hydroxylation sites is 1. The molecule has 0 radical (unpaired) electrons. The molecule has 0 aliphatic rings. The van der Waals surface area contributed by atoms with Gasteiger partial charge in [-0.2, -0.15) is 0 Å². The van der Waals surface area contributed by atoms with Crippen LogP contribution in [0.15, 0.2) is 30.5 Å². The number of nitrogens with zero attached hydrogens (tertiary/aromatic N) is 1. The number of aromatic nitrogens is 2. The van der Waals surface area contributed by atoms with Crippen molar-refractivity contribution in [1.82, 2.24) is 9.55 Å². The van der Waals surface area contributed by atoms with Crippen LogP contribution in [-0.4, -0.2) is 40.5 Å². The van der Waals surface area contributed by atoms with Crippen molar-refractivity contribution in [2.24, 2.45) is 7.05 Å². The topological polar surface area (TPSA) is 90.4 Å². The van der Waals surface area contributed by atoms with Crippen LogP contribution in [0, 0.1) is 13.8 Å². The molecule has 1 N–H and O–H groups in total. The normalized spacial score (nSPS) is 10.9. The van der Waals surface area contributed by atoms with Gasteiger partial charge in [-0.1, -0.05) is 18.2 Å². The third-order valence-corrected chi connectivity index (χ3v) is 4.65. The largest absolute Gasteiger partial charge is 0.462 e. The van der Waals surface area contributed by atoms with E-state index < -0.39 is 24.3 Å². The van der Waals surface area contributed by atoms with E-state index in [9.17, 15) is 14.4 Å². The first-order valence-corrected chi connectivity index (χ1v) is 8.95. The SMILES string of the molecule is CCOC(=O)c1c(C)[nH]c(C(=O)COC(=O)c2cn(C)c3ccccc23)c1C. The van der Waals surface area contributed by atoms with Crippen molar-refractivity contribution in [2.45, 2.75) is 20.8 Å². The van der Waals surface area contributed by atoms with Crippen molar-refractivity contribution in [3.8, 4) is 0 Å². The van der Waals surface area contributed by atoms with Gasteiger partial charge in [0.05, 0.1) is 23.4 Å². The predicted octanol–water partition coefficient (Wildman–Crippen LogP) is 3.34. The molecule has 1 aromatic carbocycles. The highest BCUT2D eigenvalue weighted by Gasteiger charge is 2.24. The molecule has 0 spiro atoms. The summed E-state index contributed by atoms with van der Waals surface area (Å²) in [6.45, 7) is 4.89. The van der Waals surface area contributed by atoms with E-state index in [-0.39, 0.29) is 12.3 Å². The Kier molecular flexibility index (Phi) is 5.35. The monoisotopic (exact) mass is 382 g/mol. The van der Waals surface area contributed by atoms with Crippen LogP contribution in [0.5, 0.6) is 0 Å². The molecule has 0 atom stereocenters. The van der Waals surface area contributed by atoms with Gasteiger partial charge in [0.25, 0.3) is 0 Å². The molecule has 7 nitrogen and oxygen atoms in total. The number of aromatic amines is 1. The van der Waals surface area contributed by atoms with Crippen LogP contribution < -0.4 is 0 Å². The van der Waals surface area contributed by atoms with Gasteiger partial charge < -0.3 is 19.0 Å². The zero-order chi connectivity index (χ0) is 20.4. The van der Waals surface area contributed by atoms with Gasteiger partial charge in [0.1, 0.15) is 0 Å². The Morgan fingerprint density at radius 2 is 1.79 bits per heavy atom. The fraction of sp³-hybridized carbons (Fsp3) is 0.286. The number of carbonyl (C=O) groups excluding carboxylic acids is 3. The Hall–Kier alpha value is -3.35. The zero-order valence-corrected chi connectivity index (χ0v) is 16.3. The van der Waals surface area contributed by atoms with Crippen LogP contribution in [0.3, 0.4) is 0 Å². The van der Waals surface area contributed by atoms with E-state index in [1.165, 1.54) is 0 Å². The second kappa shape index (κ2) is 7.72. The summed E-state index contributed by atoms with van der Waals surface area (Å²) in [5.41, 5.74) is 2.91. The number of Topliss-reactive ketones (excluding diaryl/α,β-unsaturated/α-hetero) is 1. The number of fused-ring (bicyclic) bond motifs is 1. The van der Waals surface area contributed by atoms with Gasteiger partial charge in [-0.3, -0.25) is 4.79 Å². The third-order valence-electron chi connectivity index (χ3n) is 4.65. The maximum Gasteiger partial charge on any atom is 0.340 e. The van der Waals surface area contributed by atoms with Crippen molar-refractivity contribution in [2.75, 3.05) is 13.2 Å². The summed E-state index contributed by atoms with van der Waals surface area (Å²) in [4.78, 5) is 40.0. The number of hydrogen-bond acceptors (Lipinski definition) is 5. The summed E-state index contributed by atoms with van der Waals surface area (Å²) in [7, 11) is 1.84. The molecule has 3 aromatic rings. The fourth-order valence-corrected chi connectivity index (χ4v) is 3.32. The first-order chi connectivity index (χ1) is 13.3. The molecule has 0 fully saturated rings. The summed E-state index contributed by atoms with van der Waals surface area (Å²) in [6, 6.07) is 7.46. The Morgan fingerprint density at radius 3 is 2.50 bits per heavy atom. The minimum atomic E-state index is -0.573. The zero-order valence-electron chi connectivity index (χ0n) is 16.3. The molecule has 0 saturated carbocycles. The van der Waals surface area contributed by atoms with Crippen molar-refractivity contribution in [3.63, 3.8) is 0 Å². The number of ketones is 1. The van der Waals surface area contributed by atoms with Gasteiger partial charge >= 0.3 is 11.9 Å². The standard InChI is InChI=1S/C21H22N2O5/c1-5-27-21(26)18-12(2)19(22-13(18)3)17(24)11-28-20(25)15-10-23(4)16-9-7-6-8-14(15)16/h6-10,22H,5,11H2,1-4H3. The molecule has 0 bridgehead atoms. The molecule has 28 heavy (non-hydrogen) atoms. The third kappa shape index (κ3) is 3.43. The van der Waals surface area contributed by atoms with E-state index >= 15 is 0 Å². The molecule has 0 amide bonds. The lowest BCUT2D eigenvalue weighted by molar-refractivity contribution is 0.0474. The highest BCUT2D eigenvalue weighted by atomic mass is 16.5. The molecular formula is C21H22N2O5. The Balaban J connectivity index is 1.76. The Labute approximate surface area is 162 Å². The summed E-state index contributed by atoms with van der Waals surface area (Å²) in [5.74, 6) is -1.47. The molecule has 0 unspecified atom stereocenters. The van der Waals surface area contributed by atoms with Crippen LogP contribution in [0.2, 0.25) is 0 Å². The van der Waals surface area contributed by atoms with Crippen molar-refractivity contribution in [1.29, 1.82) is 0 Å². The minimum Gasteiger partial charge on any atom is -0.462 e. The summed E-state index contributed by atoms with van der Waals surface area (Å²) in [5, 5.41) is 0.763. The van der Waals surface area contributed by atoms with Crippen LogP contribution >= 0.6 is 0 Å². The summed E-state index contributed by atoms with van der Waals surface area (Å²) in [6.07, 6.45) is 1.68. The smallest absolute Gasteiger partial charge is 0.340 e. The Bertz CT molecular complexity index is 1070. The van der Waals surface area contributed by atoms with Crippen molar-refractivity contribution >= 4 is 28.6 Å². The number of H-pyrrole nitrogens is 1. The molecule has 2 heterocycles. The van der Waals surface area contributed by atoms with Gasteiger partial charge in [0.15, 0.2) is 6.61 Å². The van der Waals surface area contributed by atoms with E-state index in [1.54, 1.807) is 27.0 Å². The average Bonchev–Trinajstić information content (AvgIpc) is 3.16. The number of hydrogen-bond donors (Lipinski definition) is 1. The van der Waals surface area contributed by atoms with E-state index in [1.807, 2.05) is 35.9 Å². The van der Waals surface area contributed by atoms with Crippen LogP contribution in [-0.2, 0) is 16.5 Å². The first-order valence-electron chi connectivity index (χ1n) is 8.95. The second-order valence-corrected chi connectivity index (χ2v) is 6.52. The number of ether oxygens (including phenoxy) is 2. The number of nitrogens with one attached hydrogen (secondary N) is 1. The maximum absolute atomic E-state index is 12.6. The fourth-order valence-electron chi connectivity index (χ4n) is 3.32. The molecule has 146 valence electrons. The highest BCUT2D eigenvalue weighted by molar-refractivity contribution is 6.06. The molecule has 3 rings (SSSR count). The molecule has 0 aliphatic heterocycles. The van der Waals surface area contributed by atoms with Gasteiger partial charge in [0.2, 0.25) is 5.78 Å². The van der Waals surface area contributed by atoms with E-state index in [4.69, 9.17) is 9.47 Å². The van der Waals surface area contributed by atoms with Crippen LogP contribution in [0.1, 0.15) is 49.4 Å². The van der Waals surface area contributed by atoms with Gasteiger partial charge in [-0.15, -0.1) is 0 Å². The number of rotatable bonds is 6. The average molecular weight is 382 g/mol. The summed E-state index contributed by atoms with van der Waals surface area (Å²) >= 11 is 0. The number of carbonyl (C=O) groups is 3. The highest BCUT2D eigenvalue weighted by Crippen LogP contribution is 2.22. The lowest BCUT2D eigenvalue weighted by Crippen LogP contribution is -2.15. The van der Waals surface area contributed by atoms with E-state index in [0.29, 0.717) is 22.4 Å². The first kappa shape index (κ1) is 19.4. The van der Waals surface area contributed by atoms with E-state index in [0.717, 1.165) is 10.9 Å². The second-order valence-electron chi connectivity index (χ2n) is 6.52. The van der Waals surface area contributed by atoms with Gasteiger partial charge in [-0.05, 0) is 32.4 Å². The molecule has 2 aromatic heterocycles. The van der Waals surface area contributed by atoms with Gasteiger partial charge in [-0.25, -0.2) is 9.59 Å².